The standard InChI is InChI=1S/C19H22ClNO2/c1-5-15-10-6-8-13(2)18(15)21(17(22)12-20)16-11-7-9-14(3)19(16)23-4/h6-11H,5,12H2,1-4H3. The van der Waals surface area contributed by atoms with Gasteiger partial charge in [0.2, 0.25) is 5.91 Å². The van der Waals surface area contributed by atoms with Crippen LogP contribution in [-0.2, 0) is 11.2 Å². The van der Waals surface area contributed by atoms with Gasteiger partial charge in [-0.1, -0.05) is 37.3 Å². The lowest BCUT2D eigenvalue weighted by molar-refractivity contribution is -0.115. The molecule has 1 amide bonds. The molecule has 0 atom stereocenters. The first-order chi connectivity index (χ1) is 11.0. The highest BCUT2D eigenvalue weighted by molar-refractivity contribution is 6.30. The Kier molecular flexibility index (Phi) is 5.67. The Bertz CT molecular complexity index is 713. The third-order valence-electron chi connectivity index (χ3n) is 3.93. The Morgan fingerprint density at radius 2 is 1.78 bits per heavy atom. The van der Waals surface area contributed by atoms with Gasteiger partial charge in [-0.05, 0) is 43.0 Å². The summed E-state index contributed by atoms with van der Waals surface area (Å²) in [5.41, 5.74) is 4.73. The monoisotopic (exact) mass is 331 g/mol. The van der Waals surface area contributed by atoms with Crippen molar-refractivity contribution in [2.24, 2.45) is 0 Å². The van der Waals surface area contributed by atoms with Crippen LogP contribution in [0.5, 0.6) is 5.75 Å². The first-order valence-electron chi connectivity index (χ1n) is 7.66. The van der Waals surface area contributed by atoms with Gasteiger partial charge in [-0.3, -0.25) is 9.69 Å². The molecule has 23 heavy (non-hydrogen) atoms. The number of hydrogen-bond donors (Lipinski definition) is 0. The van der Waals surface area contributed by atoms with Gasteiger partial charge < -0.3 is 4.74 Å². The molecule has 122 valence electrons. The maximum Gasteiger partial charge on any atom is 0.246 e. The summed E-state index contributed by atoms with van der Waals surface area (Å²) in [6.07, 6.45) is 0.831. The number of nitrogens with zero attached hydrogens (tertiary/aromatic N) is 1. The zero-order valence-electron chi connectivity index (χ0n) is 14.0. The fourth-order valence-electron chi connectivity index (χ4n) is 2.84. The number of methoxy groups -OCH3 is 1. The van der Waals surface area contributed by atoms with Gasteiger partial charge in [0.15, 0.2) is 0 Å². The van der Waals surface area contributed by atoms with Crippen LogP contribution in [0.25, 0.3) is 0 Å². The number of alkyl halides is 1. The topological polar surface area (TPSA) is 29.5 Å². The van der Waals surface area contributed by atoms with Gasteiger partial charge in [0.05, 0.1) is 18.5 Å². The lowest BCUT2D eigenvalue weighted by Crippen LogP contribution is -2.29. The average molecular weight is 332 g/mol. The average Bonchev–Trinajstić information content (AvgIpc) is 2.56. The Hall–Kier alpha value is -2.00. The molecular formula is C19H22ClNO2. The van der Waals surface area contributed by atoms with Gasteiger partial charge in [-0.25, -0.2) is 0 Å². The first kappa shape index (κ1) is 17.4. The maximum atomic E-state index is 12.7. The van der Waals surface area contributed by atoms with Crippen LogP contribution in [0.1, 0.15) is 23.6 Å². The van der Waals surface area contributed by atoms with Crippen molar-refractivity contribution in [2.45, 2.75) is 27.2 Å². The molecule has 2 aromatic rings. The van der Waals surface area contributed by atoms with Crippen LogP contribution >= 0.6 is 11.6 Å². The van der Waals surface area contributed by atoms with E-state index in [4.69, 9.17) is 16.3 Å². The van der Waals surface area contributed by atoms with Gasteiger partial charge in [-0.2, -0.15) is 0 Å². The highest BCUT2D eigenvalue weighted by Gasteiger charge is 2.24. The van der Waals surface area contributed by atoms with Crippen LogP contribution in [0.3, 0.4) is 0 Å². The highest BCUT2D eigenvalue weighted by Crippen LogP contribution is 2.39. The Balaban J connectivity index is 2.75. The number of anilines is 2. The predicted molar refractivity (Wildman–Crippen MR) is 96.2 cm³/mol. The summed E-state index contributed by atoms with van der Waals surface area (Å²) in [6, 6.07) is 11.8. The van der Waals surface area contributed by atoms with Crippen molar-refractivity contribution in [2.75, 3.05) is 17.9 Å². The minimum atomic E-state index is -0.167. The summed E-state index contributed by atoms with van der Waals surface area (Å²) in [6.45, 7) is 6.05. The first-order valence-corrected chi connectivity index (χ1v) is 8.19. The molecule has 0 heterocycles. The normalized spacial score (nSPS) is 10.5. The van der Waals surface area contributed by atoms with Crippen molar-refractivity contribution >= 4 is 28.9 Å². The molecule has 0 aliphatic rings. The second kappa shape index (κ2) is 7.51. The van der Waals surface area contributed by atoms with Gasteiger partial charge >= 0.3 is 0 Å². The van der Waals surface area contributed by atoms with Crippen molar-refractivity contribution < 1.29 is 9.53 Å². The van der Waals surface area contributed by atoms with Crippen molar-refractivity contribution in [1.29, 1.82) is 0 Å². The summed E-state index contributed by atoms with van der Waals surface area (Å²) < 4.78 is 5.55. The summed E-state index contributed by atoms with van der Waals surface area (Å²) in [7, 11) is 1.62. The fourth-order valence-corrected chi connectivity index (χ4v) is 2.96. The van der Waals surface area contributed by atoms with Crippen molar-refractivity contribution in [1.82, 2.24) is 0 Å². The Morgan fingerprint density at radius 3 is 2.39 bits per heavy atom. The number of para-hydroxylation sites is 2. The second-order valence-corrected chi connectivity index (χ2v) is 5.69. The maximum absolute atomic E-state index is 12.7. The van der Waals surface area contributed by atoms with E-state index < -0.39 is 0 Å². The van der Waals surface area contributed by atoms with E-state index in [1.807, 2.05) is 50.2 Å². The van der Waals surface area contributed by atoms with Gasteiger partial charge in [0, 0.05) is 0 Å². The third-order valence-corrected chi connectivity index (χ3v) is 4.15. The third kappa shape index (κ3) is 3.35. The van der Waals surface area contributed by atoms with E-state index in [1.54, 1.807) is 12.0 Å². The summed E-state index contributed by atoms with van der Waals surface area (Å²) in [5.74, 6) is 0.435. The molecule has 2 rings (SSSR count). The van der Waals surface area contributed by atoms with E-state index in [9.17, 15) is 4.79 Å². The number of hydrogen-bond acceptors (Lipinski definition) is 2. The van der Waals surface area contributed by atoms with Gasteiger partial charge in [0.1, 0.15) is 11.6 Å². The van der Waals surface area contributed by atoms with Crippen LogP contribution in [0.2, 0.25) is 0 Å². The number of halogens is 1. The lowest BCUT2D eigenvalue weighted by atomic mass is 10.0. The summed E-state index contributed by atoms with van der Waals surface area (Å²) in [5, 5.41) is 0. The van der Waals surface area contributed by atoms with E-state index in [1.165, 1.54) is 0 Å². The summed E-state index contributed by atoms with van der Waals surface area (Å²) >= 11 is 5.90. The van der Waals surface area contributed by atoms with Crippen LogP contribution < -0.4 is 9.64 Å². The van der Waals surface area contributed by atoms with Crippen LogP contribution in [0.15, 0.2) is 36.4 Å². The number of benzene rings is 2. The minimum Gasteiger partial charge on any atom is -0.494 e. The molecule has 0 unspecified atom stereocenters. The largest absolute Gasteiger partial charge is 0.494 e. The highest BCUT2D eigenvalue weighted by atomic mass is 35.5. The fraction of sp³-hybridized carbons (Fsp3) is 0.316. The molecule has 0 saturated carbocycles. The van der Waals surface area contributed by atoms with E-state index in [0.717, 1.165) is 34.5 Å². The second-order valence-electron chi connectivity index (χ2n) is 5.43. The molecule has 0 aliphatic carbocycles. The van der Waals surface area contributed by atoms with Crippen LogP contribution in [-0.4, -0.2) is 18.9 Å². The number of ether oxygens (including phenoxy) is 1. The van der Waals surface area contributed by atoms with Crippen molar-refractivity contribution in [3.8, 4) is 5.75 Å². The van der Waals surface area contributed by atoms with E-state index in [2.05, 4.69) is 6.92 Å². The van der Waals surface area contributed by atoms with Crippen molar-refractivity contribution in [3.05, 3.63) is 53.1 Å². The molecule has 4 heteroatoms. The Morgan fingerprint density at radius 1 is 1.13 bits per heavy atom. The molecule has 2 aromatic carbocycles. The summed E-state index contributed by atoms with van der Waals surface area (Å²) in [4.78, 5) is 14.3. The molecule has 0 bridgehead atoms. The van der Waals surface area contributed by atoms with E-state index in [-0.39, 0.29) is 11.8 Å². The van der Waals surface area contributed by atoms with Crippen LogP contribution in [0, 0.1) is 13.8 Å². The minimum absolute atomic E-state index is 0.0887. The molecule has 0 aliphatic heterocycles. The molecule has 0 fully saturated rings. The zero-order valence-corrected chi connectivity index (χ0v) is 14.8. The molecule has 0 radical (unpaired) electrons. The quantitative estimate of drug-likeness (QED) is 0.738. The molecule has 0 aromatic heterocycles. The SMILES string of the molecule is CCc1cccc(C)c1N(C(=O)CCl)c1cccc(C)c1OC. The van der Waals surface area contributed by atoms with E-state index in [0.29, 0.717) is 5.75 Å². The van der Waals surface area contributed by atoms with Crippen LogP contribution in [0.4, 0.5) is 11.4 Å². The number of carbonyl (C=O) groups excluding carboxylic acids is 1. The molecule has 0 N–H and O–H groups in total. The lowest BCUT2D eigenvalue weighted by Gasteiger charge is -2.28. The number of amides is 1. The number of carbonyl (C=O) groups is 1. The molecule has 0 saturated heterocycles. The van der Waals surface area contributed by atoms with Gasteiger partial charge in [-0.15, -0.1) is 11.6 Å². The zero-order chi connectivity index (χ0) is 17.0. The molecule has 3 nitrogen and oxygen atoms in total. The molecular weight excluding hydrogens is 310 g/mol. The smallest absolute Gasteiger partial charge is 0.246 e. The van der Waals surface area contributed by atoms with Gasteiger partial charge in [0.25, 0.3) is 0 Å². The Labute approximate surface area is 142 Å². The molecule has 0 spiro atoms. The predicted octanol–water partition coefficient (Wildman–Crippen LogP) is 4.78. The van der Waals surface area contributed by atoms with E-state index >= 15 is 0 Å². The number of rotatable bonds is 5. The number of aryl methyl sites for hydroxylation is 3. The van der Waals surface area contributed by atoms with Crippen molar-refractivity contribution in [3.63, 3.8) is 0 Å².